The maximum Gasteiger partial charge on any atom is 0.337 e. The third-order valence-electron chi connectivity index (χ3n) is 2.59. The van der Waals surface area contributed by atoms with Crippen molar-refractivity contribution in [3.8, 4) is 0 Å². The lowest BCUT2D eigenvalue weighted by atomic mass is 10.2. The van der Waals surface area contributed by atoms with E-state index in [2.05, 4.69) is 4.98 Å². The maximum atomic E-state index is 11.1. The monoisotopic (exact) mass is 296 g/mol. The van der Waals surface area contributed by atoms with Gasteiger partial charge in [-0.2, -0.15) is 0 Å². The zero-order valence-corrected chi connectivity index (χ0v) is 11.9. The van der Waals surface area contributed by atoms with E-state index >= 15 is 0 Å². The quantitative estimate of drug-likeness (QED) is 0.921. The summed E-state index contributed by atoms with van der Waals surface area (Å²) in [6, 6.07) is 7.03. The second-order valence-electron chi connectivity index (χ2n) is 4.18. The minimum Gasteiger partial charge on any atom is -0.478 e. The van der Waals surface area contributed by atoms with E-state index in [1.165, 1.54) is 11.3 Å². The Hall–Kier alpha value is -1.43. The zero-order chi connectivity index (χ0) is 13.8. The van der Waals surface area contributed by atoms with Crippen molar-refractivity contribution in [2.24, 2.45) is 0 Å². The van der Waals surface area contributed by atoms with Gasteiger partial charge in [0.2, 0.25) is 0 Å². The van der Waals surface area contributed by atoms with Crippen LogP contribution in [-0.4, -0.2) is 28.0 Å². The van der Waals surface area contributed by atoms with E-state index in [1.54, 1.807) is 18.3 Å². The first-order valence-corrected chi connectivity index (χ1v) is 6.85. The fourth-order valence-electron chi connectivity index (χ4n) is 1.77. The summed E-state index contributed by atoms with van der Waals surface area (Å²) in [6.45, 7) is 1.20. The van der Waals surface area contributed by atoms with Crippen LogP contribution < -0.4 is 0 Å². The zero-order valence-electron chi connectivity index (χ0n) is 10.3. The Labute approximate surface area is 120 Å². The normalized spacial score (nSPS) is 10.9. The van der Waals surface area contributed by atoms with E-state index in [1.807, 2.05) is 24.1 Å². The molecule has 0 saturated carbocycles. The molecule has 0 aliphatic heterocycles. The molecule has 0 aromatic carbocycles. The number of hydrogen-bond acceptors (Lipinski definition) is 4. The third-order valence-corrected chi connectivity index (χ3v) is 3.81. The standard InChI is InChI=1S/C13H13ClN2O2S/c1-16(7-9-4-5-12(14)19-9)8-11-10(13(17)18)3-2-6-15-11/h2-6H,7-8H2,1H3,(H,17,18). The number of aromatic nitrogens is 1. The van der Waals surface area contributed by atoms with Crippen LogP contribution in [0.2, 0.25) is 4.34 Å². The lowest BCUT2D eigenvalue weighted by Crippen LogP contribution is -2.19. The fourth-order valence-corrected chi connectivity index (χ4v) is 2.94. The second-order valence-corrected chi connectivity index (χ2v) is 5.98. The predicted molar refractivity (Wildman–Crippen MR) is 75.7 cm³/mol. The van der Waals surface area contributed by atoms with Crippen LogP contribution in [0.4, 0.5) is 0 Å². The number of rotatable bonds is 5. The van der Waals surface area contributed by atoms with Crippen LogP contribution in [-0.2, 0) is 13.1 Å². The van der Waals surface area contributed by atoms with Gasteiger partial charge in [-0.25, -0.2) is 4.79 Å². The molecule has 0 aliphatic rings. The van der Waals surface area contributed by atoms with Gasteiger partial charge in [-0.05, 0) is 31.3 Å². The summed E-state index contributed by atoms with van der Waals surface area (Å²) in [7, 11) is 1.92. The van der Waals surface area contributed by atoms with Crippen molar-refractivity contribution in [2.75, 3.05) is 7.05 Å². The molecule has 0 radical (unpaired) electrons. The van der Waals surface area contributed by atoms with Crippen molar-refractivity contribution in [1.82, 2.24) is 9.88 Å². The number of hydrogen-bond donors (Lipinski definition) is 1. The molecule has 2 rings (SSSR count). The molecule has 0 amide bonds. The first kappa shape index (κ1) is 14.0. The summed E-state index contributed by atoms with van der Waals surface area (Å²) >= 11 is 7.40. The number of carboxylic acid groups (broad SMARTS) is 1. The highest BCUT2D eigenvalue weighted by Gasteiger charge is 2.12. The highest BCUT2D eigenvalue weighted by molar-refractivity contribution is 7.16. The molecule has 2 heterocycles. The van der Waals surface area contributed by atoms with Gasteiger partial charge in [0.1, 0.15) is 0 Å². The van der Waals surface area contributed by atoms with Crippen LogP contribution in [0.15, 0.2) is 30.5 Å². The van der Waals surface area contributed by atoms with Crippen LogP contribution in [0, 0.1) is 0 Å². The van der Waals surface area contributed by atoms with E-state index in [0.29, 0.717) is 18.8 Å². The van der Waals surface area contributed by atoms with Crippen molar-refractivity contribution in [3.05, 3.63) is 50.9 Å². The molecule has 0 saturated heterocycles. The van der Waals surface area contributed by atoms with E-state index in [4.69, 9.17) is 16.7 Å². The molecule has 0 unspecified atom stereocenters. The van der Waals surface area contributed by atoms with E-state index in [0.717, 1.165) is 9.21 Å². The van der Waals surface area contributed by atoms with Gasteiger partial charge in [0.05, 0.1) is 15.6 Å². The van der Waals surface area contributed by atoms with Crippen molar-refractivity contribution in [3.63, 3.8) is 0 Å². The third kappa shape index (κ3) is 3.76. The van der Waals surface area contributed by atoms with Crippen LogP contribution in [0.25, 0.3) is 0 Å². The maximum absolute atomic E-state index is 11.1. The van der Waals surface area contributed by atoms with Gasteiger partial charge in [0, 0.05) is 24.2 Å². The second kappa shape index (κ2) is 6.14. The van der Waals surface area contributed by atoms with Gasteiger partial charge in [-0.3, -0.25) is 9.88 Å². The molecular formula is C13H13ClN2O2S. The Bertz CT molecular complexity index is 586. The molecule has 100 valence electrons. The molecule has 2 aromatic heterocycles. The number of halogens is 1. The van der Waals surface area contributed by atoms with Crippen LogP contribution >= 0.6 is 22.9 Å². The summed E-state index contributed by atoms with van der Waals surface area (Å²) < 4.78 is 0.757. The average Bonchev–Trinajstić information content (AvgIpc) is 2.75. The van der Waals surface area contributed by atoms with E-state index in [-0.39, 0.29) is 5.56 Å². The fraction of sp³-hybridized carbons (Fsp3) is 0.231. The van der Waals surface area contributed by atoms with Gasteiger partial charge < -0.3 is 5.11 Å². The minimum absolute atomic E-state index is 0.249. The van der Waals surface area contributed by atoms with E-state index in [9.17, 15) is 4.79 Å². The molecule has 0 fully saturated rings. The predicted octanol–water partition coefficient (Wildman–Crippen LogP) is 3.13. The molecule has 0 spiro atoms. The number of pyridine rings is 1. The Morgan fingerprint density at radius 2 is 2.21 bits per heavy atom. The van der Waals surface area contributed by atoms with Crippen molar-refractivity contribution >= 4 is 28.9 Å². The van der Waals surface area contributed by atoms with Gasteiger partial charge >= 0.3 is 5.97 Å². The highest BCUT2D eigenvalue weighted by Crippen LogP contribution is 2.22. The smallest absolute Gasteiger partial charge is 0.337 e. The summed E-state index contributed by atoms with van der Waals surface area (Å²) in [5.74, 6) is -0.948. The molecule has 0 aliphatic carbocycles. The molecule has 6 heteroatoms. The van der Waals surface area contributed by atoms with Crippen molar-refractivity contribution < 1.29 is 9.90 Å². The number of thiophene rings is 1. The number of carbonyl (C=O) groups is 1. The lowest BCUT2D eigenvalue weighted by molar-refractivity contribution is 0.0694. The number of aromatic carboxylic acids is 1. The molecular weight excluding hydrogens is 284 g/mol. The Kier molecular flexibility index (Phi) is 4.52. The van der Waals surface area contributed by atoms with Gasteiger partial charge in [-0.15, -0.1) is 11.3 Å². The summed E-state index contributed by atoms with van der Waals surface area (Å²) in [6.07, 6.45) is 1.61. The van der Waals surface area contributed by atoms with Crippen LogP contribution in [0.1, 0.15) is 20.9 Å². The number of nitrogens with zero attached hydrogens (tertiary/aromatic N) is 2. The van der Waals surface area contributed by atoms with Crippen molar-refractivity contribution in [1.29, 1.82) is 0 Å². The van der Waals surface area contributed by atoms with Crippen LogP contribution in [0.5, 0.6) is 0 Å². The number of carboxylic acids is 1. The first-order valence-electron chi connectivity index (χ1n) is 5.66. The van der Waals surface area contributed by atoms with Gasteiger partial charge in [-0.1, -0.05) is 11.6 Å². The van der Waals surface area contributed by atoms with E-state index < -0.39 is 5.97 Å². The Balaban J connectivity index is 2.06. The summed E-state index contributed by atoms with van der Waals surface area (Å²) in [5.41, 5.74) is 0.818. The lowest BCUT2D eigenvalue weighted by Gasteiger charge is -2.16. The Morgan fingerprint density at radius 1 is 1.42 bits per heavy atom. The highest BCUT2D eigenvalue weighted by atomic mass is 35.5. The summed E-state index contributed by atoms with van der Waals surface area (Å²) in [5, 5.41) is 9.10. The average molecular weight is 297 g/mol. The largest absolute Gasteiger partial charge is 0.478 e. The van der Waals surface area contributed by atoms with Gasteiger partial charge in [0.25, 0.3) is 0 Å². The molecule has 0 bridgehead atoms. The molecule has 2 aromatic rings. The molecule has 1 N–H and O–H groups in total. The molecule has 19 heavy (non-hydrogen) atoms. The van der Waals surface area contributed by atoms with Crippen molar-refractivity contribution in [2.45, 2.75) is 13.1 Å². The molecule has 4 nitrogen and oxygen atoms in total. The topological polar surface area (TPSA) is 53.4 Å². The van der Waals surface area contributed by atoms with Gasteiger partial charge in [0.15, 0.2) is 0 Å². The van der Waals surface area contributed by atoms with Crippen LogP contribution in [0.3, 0.4) is 0 Å². The summed E-state index contributed by atoms with van der Waals surface area (Å²) in [4.78, 5) is 18.4. The Morgan fingerprint density at radius 3 is 2.84 bits per heavy atom. The first-order chi connectivity index (χ1) is 9.06. The molecule has 0 atom stereocenters. The minimum atomic E-state index is -0.948. The SMILES string of the molecule is CN(Cc1ccc(Cl)s1)Cc1ncccc1C(=O)O.